The molecular weight excluding hydrogens is 480 g/mol. The molecule has 202 valence electrons. The van der Waals surface area contributed by atoms with Crippen molar-refractivity contribution >= 4 is 17.6 Å². The summed E-state index contributed by atoms with van der Waals surface area (Å²) in [7, 11) is 0. The Kier molecular flexibility index (Phi) is 7.05. The predicted octanol–water partition coefficient (Wildman–Crippen LogP) is 2.41. The van der Waals surface area contributed by atoms with Crippen molar-refractivity contribution in [3.8, 4) is 0 Å². The van der Waals surface area contributed by atoms with Gasteiger partial charge in [0.15, 0.2) is 0 Å². The van der Waals surface area contributed by atoms with Crippen LogP contribution in [0.2, 0.25) is 0 Å². The molecule has 9 nitrogen and oxygen atoms in total. The number of piperidine rings is 2. The van der Waals surface area contributed by atoms with E-state index in [0.29, 0.717) is 30.5 Å². The number of hydrogen-bond donors (Lipinski definition) is 2. The molecular formula is C29H38N6O3. The molecule has 3 aliphatic heterocycles. The van der Waals surface area contributed by atoms with E-state index < -0.39 is 6.10 Å². The smallest absolute Gasteiger partial charge is 0.272 e. The molecule has 6 rings (SSSR count). The van der Waals surface area contributed by atoms with Gasteiger partial charge in [0.05, 0.1) is 6.10 Å². The molecule has 1 aromatic heterocycles. The third kappa shape index (κ3) is 5.40. The van der Waals surface area contributed by atoms with Gasteiger partial charge in [-0.1, -0.05) is 24.3 Å². The van der Waals surface area contributed by atoms with E-state index >= 15 is 0 Å². The fourth-order valence-electron chi connectivity index (χ4n) is 6.21. The van der Waals surface area contributed by atoms with Crippen LogP contribution in [-0.2, 0) is 17.8 Å². The van der Waals surface area contributed by atoms with Crippen molar-refractivity contribution in [2.45, 2.75) is 76.1 Å². The first kappa shape index (κ1) is 25.2. The molecule has 38 heavy (non-hydrogen) atoms. The lowest BCUT2D eigenvalue weighted by Crippen LogP contribution is -2.56. The van der Waals surface area contributed by atoms with Gasteiger partial charge in [0, 0.05) is 70.3 Å². The molecule has 1 aromatic carbocycles. The first-order valence-electron chi connectivity index (χ1n) is 14.1. The third-order valence-corrected chi connectivity index (χ3v) is 8.66. The number of aliphatic hydroxyl groups is 1. The number of rotatable bonds is 5. The second-order valence-corrected chi connectivity index (χ2v) is 11.4. The number of carbonyl (C=O) groups is 2. The van der Waals surface area contributed by atoms with Crippen molar-refractivity contribution in [3.63, 3.8) is 0 Å². The second-order valence-electron chi connectivity index (χ2n) is 11.4. The Hall–Kier alpha value is -3.04. The molecule has 0 radical (unpaired) electrons. The highest BCUT2D eigenvalue weighted by Gasteiger charge is 2.36. The van der Waals surface area contributed by atoms with Gasteiger partial charge < -0.3 is 20.2 Å². The van der Waals surface area contributed by atoms with E-state index in [9.17, 15) is 14.7 Å². The van der Waals surface area contributed by atoms with E-state index in [1.54, 1.807) is 17.9 Å². The minimum Gasteiger partial charge on any atom is -0.390 e. The molecule has 2 N–H and O–H groups in total. The monoisotopic (exact) mass is 518 g/mol. The fraction of sp³-hybridized carbons (Fsp3) is 0.586. The molecule has 2 atom stereocenters. The van der Waals surface area contributed by atoms with Gasteiger partial charge in [-0.25, -0.2) is 9.97 Å². The van der Waals surface area contributed by atoms with E-state index in [1.165, 1.54) is 11.1 Å². The zero-order chi connectivity index (χ0) is 26.2. The van der Waals surface area contributed by atoms with Gasteiger partial charge in [-0.3, -0.25) is 14.5 Å². The Bertz CT molecular complexity index is 1190. The molecule has 4 aliphatic rings. The average molecular weight is 519 g/mol. The molecule has 1 aliphatic carbocycles. The van der Waals surface area contributed by atoms with E-state index in [4.69, 9.17) is 4.98 Å². The molecule has 2 saturated heterocycles. The minimum atomic E-state index is -0.591. The molecule has 0 bridgehead atoms. The topological polar surface area (TPSA) is 102 Å². The van der Waals surface area contributed by atoms with Crippen LogP contribution in [0.1, 0.15) is 72.4 Å². The Morgan fingerprint density at radius 2 is 1.68 bits per heavy atom. The molecule has 0 spiro atoms. The van der Waals surface area contributed by atoms with Gasteiger partial charge in [0.2, 0.25) is 5.91 Å². The lowest BCUT2D eigenvalue weighted by Gasteiger charge is -2.43. The van der Waals surface area contributed by atoms with Crippen LogP contribution < -0.4 is 5.32 Å². The number of carbonyl (C=O) groups excluding carboxylic acids is 2. The maximum atomic E-state index is 13.6. The lowest BCUT2D eigenvalue weighted by molar-refractivity contribution is -0.129. The van der Waals surface area contributed by atoms with Crippen molar-refractivity contribution in [2.75, 3.05) is 38.0 Å². The maximum absolute atomic E-state index is 13.6. The summed E-state index contributed by atoms with van der Waals surface area (Å²) in [6.45, 7) is 5.78. The summed E-state index contributed by atoms with van der Waals surface area (Å²) in [6, 6.07) is 10.6. The van der Waals surface area contributed by atoms with E-state index in [2.05, 4.69) is 39.5 Å². The summed E-state index contributed by atoms with van der Waals surface area (Å²) >= 11 is 0. The zero-order valence-corrected chi connectivity index (χ0v) is 22.2. The third-order valence-electron chi connectivity index (χ3n) is 8.66. The summed E-state index contributed by atoms with van der Waals surface area (Å²) in [5, 5.41) is 14.6. The number of benzene rings is 1. The van der Waals surface area contributed by atoms with Gasteiger partial charge >= 0.3 is 0 Å². The first-order chi connectivity index (χ1) is 18.4. The Labute approximate surface area is 224 Å². The van der Waals surface area contributed by atoms with Gasteiger partial charge in [0.1, 0.15) is 17.3 Å². The van der Waals surface area contributed by atoms with Crippen LogP contribution in [0.3, 0.4) is 0 Å². The normalized spacial score (nSPS) is 24.7. The van der Waals surface area contributed by atoms with E-state index in [0.717, 1.165) is 70.5 Å². The fourth-order valence-corrected chi connectivity index (χ4v) is 6.21. The number of β-amino-alcohol motifs (C(OH)–C–C–N with tert-alkyl or cyclic N) is 1. The molecule has 0 unspecified atom stereocenters. The molecule has 2 amide bonds. The Balaban J connectivity index is 1.11. The SMILES string of the molecule is CC(=O)N1CCC(Nc2cc(C(=O)N3CC[C@@H](N4CCc5ccccc5C4)[C@H](O)C3)nc(C3CC3)n2)CC1. The number of likely N-dealkylation sites (tertiary alicyclic amines) is 2. The van der Waals surface area contributed by atoms with E-state index in [-0.39, 0.29) is 23.9 Å². The number of anilines is 1. The van der Waals surface area contributed by atoms with Crippen LogP contribution in [-0.4, -0.2) is 92.5 Å². The standard InChI is InChI=1S/C29H38N6O3/c1-19(36)33-13-9-23(10-14-33)30-27-16-24(31-28(32-27)21-6-7-21)29(38)35-15-11-25(26(37)18-35)34-12-8-20-4-2-3-5-22(20)17-34/h2-5,16,21,23,25-26,37H,6-15,17-18H2,1H3,(H,30,31,32)/t25-,26-/m1/s1. The first-order valence-corrected chi connectivity index (χ1v) is 14.1. The number of nitrogens with zero attached hydrogens (tertiary/aromatic N) is 5. The number of amides is 2. The van der Waals surface area contributed by atoms with Crippen LogP contribution in [0, 0.1) is 0 Å². The highest BCUT2D eigenvalue weighted by Crippen LogP contribution is 2.38. The quantitative estimate of drug-likeness (QED) is 0.627. The summed E-state index contributed by atoms with van der Waals surface area (Å²) in [5.74, 6) is 1.73. The number of hydrogen-bond acceptors (Lipinski definition) is 7. The van der Waals surface area contributed by atoms with Gasteiger partial charge in [0.25, 0.3) is 5.91 Å². The average Bonchev–Trinajstić information content (AvgIpc) is 3.78. The van der Waals surface area contributed by atoms with Crippen LogP contribution in [0.25, 0.3) is 0 Å². The van der Waals surface area contributed by atoms with Crippen molar-refractivity contribution in [2.24, 2.45) is 0 Å². The molecule has 1 saturated carbocycles. The summed E-state index contributed by atoms with van der Waals surface area (Å²) in [5.41, 5.74) is 3.14. The van der Waals surface area contributed by atoms with E-state index in [1.807, 2.05) is 4.90 Å². The van der Waals surface area contributed by atoms with Crippen molar-refractivity contribution in [3.05, 3.63) is 53.0 Å². The number of fused-ring (bicyclic) bond motifs is 1. The maximum Gasteiger partial charge on any atom is 0.272 e. The summed E-state index contributed by atoms with van der Waals surface area (Å²) < 4.78 is 0. The highest BCUT2D eigenvalue weighted by atomic mass is 16.3. The van der Waals surface area contributed by atoms with Crippen molar-refractivity contribution in [1.29, 1.82) is 0 Å². The largest absolute Gasteiger partial charge is 0.390 e. The lowest BCUT2D eigenvalue weighted by atomic mass is 9.94. The van der Waals surface area contributed by atoms with Crippen molar-refractivity contribution < 1.29 is 14.7 Å². The second kappa shape index (κ2) is 10.6. The highest BCUT2D eigenvalue weighted by molar-refractivity contribution is 5.93. The Morgan fingerprint density at radius 3 is 2.39 bits per heavy atom. The van der Waals surface area contributed by atoms with Crippen LogP contribution in [0.5, 0.6) is 0 Å². The minimum absolute atomic E-state index is 0.0536. The van der Waals surface area contributed by atoms with Crippen LogP contribution in [0.4, 0.5) is 5.82 Å². The van der Waals surface area contributed by atoms with Crippen molar-refractivity contribution in [1.82, 2.24) is 24.7 Å². The van der Waals surface area contributed by atoms with Crippen LogP contribution in [0.15, 0.2) is 30.3 Å². The summed E-state index contributed by atoms with van der Waals surface area (Å²) in [6.07, 6.45) is 4.96. The molecule has 4 heterocycles. The molecule has 3 fully saturated rings. The van der Waals surface area contributed by atoms with Gasteiger partial charge in [-0.15, -0.1) is 0 Å². The zero-order valence-electron chi connectivity index (χ0n) is 22.2. The van der Waals surface area contributed by atoms with Crippen LogP contribution >= 0.6 is 0 Å². The number of nitrogens with one attached hydrogen (secondary N) is 1. The van der Waals surface area contributed by atoms with Gasteiger partial charge in [-0.2, -0.15) is 0 Å². The molecule has 9 heteroatoms. The predicted molar refractivity (Wildman–Crippen MR) is 144 cm³/mol. The number of aromatic nitrogens is 2. The summed E-state index contributed by atoms with van der Waals surface area (Å²) in [4.78, 5) is 40.7. The number of aliphatic hydroxyl groups excluding tert-OH is 1. The van der Waals surface area contributed by atoms with Gasteiger partial charge in [-0.05, 0) is 49.7 Å². The Morgan fingerprint density at radius 1 is 0.947 bits per heavy atom. The molecule has 2 aromatic rings.